The number of aromatic nitrogens is 1. The molecule has 0 spiro atoms. The Balaban J connectivity index is 2.05. The zero-order valence-corrected chi connectivity index (χ0v) is 11.1. The van der Waals surface area contributed by atoms with Gasteiger partial charge in [-0.25, -0.2) is 0 Å². The molecule has 4 heteroatoms. The summed E-state index contributed by atoms with van der Waals surface area (Å²) in [4.78, 5) is 18.2. The van der Waals surface area contributed by atoms with Crippen molar-refractivity contribution < 1.29 is 4.79 Å². The van der Waals surface area contributed by atoms with E-state index in [0.29, 0.717) is 11.5 Å². The van der Waals surface area contributed by atoms with Crippen LogP contribution in [0.3, 0.4) is 0 Å². The molecule has 1 aromatic heterocycles. The topological polar surface area (TPSA) is 45.2 Å². The maximum Gasteiger partial charge on any atom is 0.255 e. The van der Waals surface area contributed by atoms with E-state index in [1.807, 2.05) is 19.0 Å². The summed E-state index contributed by atoms with van der Waals surface area (Å²) in [5.74, 6) is 0.757. The Morgan fingerprint density at radius 1 is 1.50 bits per heavy atom. The second-order valence-corrected chi connectivity index (χ2v) is 5.01. The monoisotopic (exact) mass is 247 g/mol. The van der Waals surface area contributed by atoms with Crippen LogP contribution in [-0.4, -0.2) is 36.4 Å². The Kier molecular flexibility index (Phi) is 4.18. The van der Waals surface area contributed by atoms with Crippen LogP contribution in [0.1, 0.15) is 36.0 Å². The molecule has 18 heavy (non-hydrogen) atoms. The molecule has 1 N–H and O–H groups in total. The van der Waals surface area contributed by atoms with E-state index in [2.05, 4.69) is 10.3 Å². The van der Waals surface area contributed by atoms with Crippen LogP contribution >= 0.6 is 0 Å². The quantitative estimate of drug-likeness (QED) is 0.888. The number of hydrogen-bond donors (Lipinski definition) is 1. The number of hydrogen-bond acceptors (Lipinski definition) is 3. The number of amides is 1. The molecular weight excluding hydrogens is 226 g/mol. The molecule has 0 aromatic carbocycles. The minimum absolute atomic E-state index is 0.0775. The van der Waals surface area contributed by atoms with Gasteiger partial charge in [0, 0.05) is 26.8 Å². The van der Waals surface area contributed by atoms with Crippen LogP contribution in [0.2, 0.25) is 0 Å². The average Bonchev–Trinajstić information content (AvgIpc) is 2.90. The van der Waals surface area contributed by atoms with Gasteiger partial charge in [0.1, 0.15) is 0 Å². The third-order valence-corrected chi connectivity index (χ3v) is 3.67. The number of carbonyl (C=O) groups excluding carboxylic acids is 1. The molecule has 0 radical (unpaired) electrons. The van der Waals surface area contributed by atoms with E-state index in [0.717, 1.165) is 12.2 Å². The molecule has 4 nitrogen and oxygen atoms in total. The average molecular weight is 247 g/mol. The predicted octanol–water partition coefficient (Wildman–Crippen LogP) is 2.39. The van der Waals surface area contributed by atoms with Crippen LogP contribution < -0.4 is 5.32 Å². The Labute approximate surface area is 108 Å². The van der Waals surface area contributed by atoms with E-state index in [1.54, 1.807) is 18.5 Å². The van der Waals surface area contributed by atoms with E-state index in [4.69, 9.17) is 0 Å². The summed E-state index contributed by atoms with van der Waals surface area (Å²) in [6.07, 6.45) is 8.49. The maximum absolute atomic E-state index is 12.4. The van der Waals surface area contributed by atoms with Gasteiger partial charge in [-0.3, -0.25) is 9.78 Å². The second-order valence-electron chi connectivity index (χ2n) is 5.01. The van der Waals surface area contributed by atoms with Crippen molar-refractivity contribution in [3.63, 3.8) is 0 Å². The van der Waals surface area contributed by atoms with Crippen molar-refractivity contribution >= 4 is 11.6 Å². The fourth-order valence-corrected chi connectivity index (χ4v) is 2.65. The number of pyridine rings is 1. The first kappa shape index (κ1) is 12.9. The third-order valence-electron chi connectivity index (χ3n) is 3.67. The summed E-state index contributed by atoms with van der Waals surface area (Å²) in [6.45, 7) is 0.865. The highest BCUT2D eigenvalue weighted by Crippen LogP contribution is 2.26. The van der Waals surface area contributed by atoms with Crippen molar-refractivity contribution in [2.75, 3.05) is 26.0 Å². The summed E-state index contributed by atoms with van der Waals surface area (Å²) in [6, 6.07) is 1.78. The van der Waals surface area contributed by atoms with Gasteiger partial charge in [0.25, 0.3) is 5.91 Å². The van der Waals surface area contributed by atoms with Crippen LogP contribution in [0.15, 0.2) is 18.5 Å². The van der Waals surface area contributed by atoms with Crippen LogP contribution in [0.4, 0.5) is 5.69 Å². The van der Waals surface area contributed by atoms with Crippen molar-refractivity contribution in [1.29, 1.82) is 0 Å². The molecule has 1 fully saturated rings. The summed E-state index contributed by atoms with van der Waals surface area (Å²) < 4.78 is 0. The summed E-state index contributed by atoms with van der Waals surface area (Å²) in [5, 5.41) is 3.01. The van der Waals surface area contributed by atoms with Gasteiger partial charge in [-0.1, -0.05) is 12.8 Å². The number of nitrogens with one attached hydrogen (secondary N) is 1. The number of carbonyl (C=O) groups is 1. The molecule has 2 rings (SSSR count). The van der Waals surface area contributed by atoms with E-state index in [-0.39, 0.29) is 5.91 Å². The highest BCUT2D eigenvalue weighted by Gasteiger charge is 2.21. The van der Waals surface area contributed by atoms with Crippen molar-refractivity contribution in [1.82, 2.24) is 9.88 Å². The van der Waals surface area contributed by atoms with Crippen LogP contribution in [0.5, 0.6) is 0 Å². The Hall–Kier alpha value is -1.58. The van der Waals surface area contributed by atoms with Gasteiger partial charge >= 0.3 is 0 Å². The minimum Gasteiger partial charge on any atom is -0.386 e. The van der Waals surface area contributed by atoms with E-state index in [9.17, 15) is 4.79 Å². The lowest BCUT2D eigenvalue weighted by Gasteiger charge is -2.22. The summed E-state index contributed by atoms with van der Waals surface area (Å²) >= 11 is 0. The van der Waals surface area contributed by atoms with Gasteiger partial charge in [-0.05, 0) is 24.8 Å². The Morgan fingerprint density at radius 3 is 2.89 bits per heavy atom. The number of anilines is 1. The van der Waals surface area contributed by atoms with Crippen molar-refractivity contribution in [2.45, 2.75) is 25.7 Å². The molecule has 1 aliphatic rings. The first-order valence-corrected chi connectivity index (χ1v) is 6.59. The zero-order chi connectivity index (χ0) is 13.0. The van der Waals surface area contributed by atoms with Gasteiger partial charge in [-0.2, -0.15) is 0 Å². The van der Waals surface area contributed by atoms with Gasteiger partial charge < -0.3 is 10.2 Å². The number of rotatable bonds is 4. The molecule has 1 heterocycles. The zero-order valence-electron chi connectivity index (χ0n) is 11.1. The standard InChI is InChI=1S/C14H21N3O/c1-15-13-9-16-8-7-12(13)14(18)17(2)10-11-5-3-4-6-11/h7-9,11,15H,3-6,10H2,1-2H3. The van der Waals surface area contributed by atoms with Gasteiger partial charge in [0.05, 0.1) is 17.4 Å². The van der Waals surface area contributed by atoms with Gasteiger partial charge in [0.15, 0.2) is 0 Å². The highest BCUT2D eigenvalue weighted by atomic mass is 16.2. The fraction of sp³-hybridized carbons (Fsp3) is 0.571. The lowest BCUT2D eigenvalue weighted by atomic mass is 10.1. The SMILES string of the molecule is CNc1cnccc1C(=O)N(C)CC1CCCC1. The minimum atomic E-state index is 0.0775. The smallest absolute Gasteiger partial charge is 0.255 e. The van der Waals surface area contributed by atoms with Crippen LogP contribution in [0, 0.1) is 5.92 Å². The normalized spacial score (nSPS) is 15.7. The van der Waals surface area contributed by atoms with Crippen LogP contribution in [0.25, 0.3) is 0 Å². The molecule has 1 amide bonds. The Morgan fingerprint density at radius 2 is 2.22 bits per heavy atom. The van der Waals surface area contributed by atoms with Crippen molar-refractivity contribution in [3.05, 3.63) is 24.0 Å². The lowest BCUT2D eigenvalue weighted by Crippen LogP contribution is -2.31. The van der Waals surface area contributed by atoms with E-state index >= 15 is 0 Å². The summed E-state index contributed by atoms with van der Waals surface area (Å²) in [5.41, 5.74) is 1.49. The van der Waals surface area contributed by atoms with E-state index in [1.165, 1.54) is 25.7 Å². The molecular formula is C14H21N3O. The predicted molar refractivity (Wildman–Crippen MR) is 72.7 cm³/mol. The van der Waals surface area contributed by atoms with Gasteiger partial charge in [-0.15, -0.1) is 0 Å². The Bertz CT molecular complexity index is 413. The molecule has 1 saturated carbocycles. The molecule has 0 saturated heterocycles. The maximum atomic E-state index is 12.4. The van der Waals surface area contributed by atoms with Crippen molar-refractivity contribution in [3.8, 4) is 0 Å². The summed E-state index contributed by atoms with van der Waals surface area (Å²) in [7, 11) is 3.70. The fourth-order valence-electron chi connectivity index (χ4n) is 2.65. The molecule has 1 aliphatic carbocycles. The second kappa shape index (κ2) is 5.85. The molecule has 0 bridgehead atoms. The number of nitrogens with zero attached hydrogens (tertiary/aromatic N) is 2. The molecule has 0 unspecified atom stereocenters. The third kappa shape index (κ3) is 2.81. The van der Waals surface area contributed by atoms with Gasteiger partial charge in [0.2, 0.25) is 0 Å². The lowest BCUT2D eigenvalue weighted by molar-refractivity contribution is 0.0774. The largest absolute Gasteiger partial charge is 0.386 e. The highest BCUT2D eigenvalue weighted by molar-refractivity contribution is 5.99. The van der Waals surface area contributed by atoms with E-state index < -0.39 is 0 Å². The van der Waals surface area contributed by atoms with Crippen LogP contribution in [-0.2, 0) is 0 Å². The van der Waals surface area contributed by atoms with Crippen molar-refractivity contribution in [2.24, 2.45) is 5.92 Å². The molecule has 0 aliphatic heterocycles. The molecule has 1 aromatic rings. The molecule has 0 atom stereocenters. The first-order chi connectivity index (χ1) is 8.72. The molecule has 98 valence electrons. The first-order valence-electron chi connectivity index (χ1n) is 6.59.